The highest BCUT2D eigenvalue weighted by Crippen LogP contribution is 2.17. The van der Waals surface area contributed by atoms with Gasteiger partial charge in [-0.15, -0.1) is 0 Å². The summed E-state index contributed by atoms with van der Waals surface area (Å²) in [4.78, 5) is 11.7. The molecule has 0 saturated heterocycles. The molecule has 0 atom stereocenters. The number of amides is 1. The minimum atomic E-state index is -0.255. The summed E-state index contributed by atoms with van der Waals surface area (Å²) in [7, 11) is 0. The van der Waals surface area contributed by atoms with Crippen molar-refractivity contribution in [3.8, 4) is 11.8 Å². The number of halogens is 1. The van der Waals surface area contributed by atoms with E-state index in [1.165, 1.54) is 0 Å². The minimum Gasteiger partial charge on any atom is -0.484 e. The second-order valence-electron chi connectivity index (χ2n) is 3.98. The molecule has 0 fully saturated rings. The fraction of sp³-hybridized carbons (Fsp3) is 0.0667. The van der Waals surface area contributed by atoms with Crippen LogP contribution >= 0.6 is 15.9 Å². The van der Waals surface area contributed by atoms with Crippen LogP contribution in [0.5, 0.6) is 5.75 Å². The van der Waals surface area contributed by atoms with Crippen LogP contribution in [-0.2, 0) is 4.79 Å². The predicted molar refractivity (Wildman–Crippen MR) is 79.4 cm³/mol. The van der Waals surface area contributed by atoms with E-state index in [1.807, 2.05) is 18.2 Å². The van der Waals surface area contributed by atoms with E-state index in [-0.39, 0.29) is 12.5 Å². The van der Waals surface area contributed by atoms with Crippen LogP contribution in [0.4, 0.5) is 5.69 Å². The molecule has 0 heterocycles. The Labute approximate surface area is 125 Å². The highest BCUT2D eigenvalue weighted by Gasteiger charge is 2.04. The molecule has 0 aliphatic heterocycles. The lowest BCUT2D eigenvalue weighted by Crippen LogP contribution is -2.20. The summed E-state index contributed by atoms with van der Waals surface area (Å²) in [5.41, 5.74) is 1.18. The van der Waals surface area contributed by atoms with Crippen molar-refractivity contribution < 1.29 is 9.53 Å². The highest BCUT2D eigenvalue weighted by molar-refractivity contribution is 9.10. The number of anilines is 1. The first-order valence-corrected chi connectivity index (χ1v) is 6.65. The zero-order valence-electron chi connectivity index (χ0n) is 10.5. The molecule has 0 spiro atoms. The van der Waals surface area contributed by atoms with Crippen molar-refractivity contribution in [3.63, 3.8) is 0 Å². The molecule has 20 heavy (non-hydrogen) atoms. The molecule has 0 aromatic heterocycles. The quantitative estimate of drug-likeness (QED) is 0.935. The molecular formula is C15H11BrN2O2. The third-order valence-electron chi connectivity index (χ3n) is 2.46. The molecule has 5 heteroatoms. The van der Waals surface area contributed by atoms with E-state index >= 15 is 0 Å². The second kappa shape index (κ2) is 6.73. The zero-order chi connectivity index (χ0) is 14.4. The minimum absolute atomic E-state index is 0.0730. The maximum Gasteiger partial charge on any atom is 0.262 e. The Morgan fingerprint density at radius 1 is 1.25 bits per heavy atom. The number of carbonyl (C=O) groups excluding carboxylic acids is 1. The molecule has 2 aromatic carbocycles. The molecule has 0 bridgehead atoms. The van der Waals surface area contributed by atoms with Crippen molar-refractivity contribution in [2.24, 2.45) is 0 Å². The summed E-state index contributed by atoms with van der Waals surface area (Å²) in [6.07, 6.45) is 0. The summed E-state index contributed by atoms with van der Waals surface area (Å²) in [5, 5.41) is 11.4. The van der Waals surface area contributed by atoms with E-state index in [2.05, 4.69) is 21.2 Å². The van der Waals surface area contributed by atoms with E-state index in [0.29, 0.717) is 17.0 Å². The predicted octanol–water partition coefficient (Wildman–Crippen LogP) is 3.34. The van der Waals surface area contributed by atoms with Crippen LogP contribution < -0.4 is 10.1 Å². The molecule has 0 aliphatic carbocycles. The Balaban J connectivity index is 1.87. The Morgan fingerprint density at radius 2 is 2.00 bits per heavy atom. The molecular weight excluding hydrogens is 320 g/mol. The Hall–Kier alpha value is -2.32. The van der Waals surface area contributed by atoms with Gasteiger partial charge >= 0.3 is 0 Å². The van der Waals surface area contributed by atoms with Gasteiger partial charge in [-0.05, 0) is 42.5 Å². The van der Waals surface area contributed by atoms with Crippen LogP contribution in [0.25, 0.3) is 0 Å². The van der Waals surface area contributed by atoms with Gasteiger partial charge in [-0.2, -0.15) is 5.26 Å². The van der Waals surface area contributed by atoms with E-state index in [0.717, 1.165) is 4.47 Å². The molecule has 1 N–H and O–H groups in total. The SMILES string of the molecule is N#Cc1ccc(NC(=O)COc2cccc(Br)c2)cc1. The van der Waals surface area contributed by atoms with Gasteiger partial charge in [0.1, 0.15) is 5.75 Å². The molecule has 1 amide bonds. The van der Waals surface area contributed by atoms with Crippen LogP contribution in [0.1, 0.15) is 5.56 Å². The van der Waals surface area contributed by atoms with Crippen molar-refractivity contribution in [3.05, 3.63) is 58.6 Å². The summed E-state index contributed by atoms with van der Waals surface area (Å²) in [6, 6.07) is 15.9. The first-order chi connectivity index (χ1) is 9.67. The molecule has 0 radical (unpaired) electrons. The molecule has 0 unspecified atom stereocenters. The second-order valence-corrected chi connectivity index (χ2v) is 4.90. The van der Waals surface area contributed by atoms with Crippen LogP contribution in [0, 0.1) is 11.3 Å². The van der Waals surface area contributed by atoms with Crippen molar-refractivity contribution in [2.45, 2.75) is 0 Å². The van der Waals surface area contributed by atoms with Crippen LogP contribution in [-0.4, -0.2) is 12.5 Å². The van der Waals surface area contributed by atoms with Crippen molar-refractivity contribution in [1.29, 1.82) is 5.26 Å². The van der Waals surface area contributed by atoms with Crippen molar-refractivity contribution in [2.75, 3.05) is 11.9 Å². The summed E-state index contributed by atoms with van der Waals surface area (Å²) in [5.74, 6) is 0.365. The average molecular weight is 331 g/mol. The summed E-state index contributed by atoms with van der Waals surface area (Å²) in [6.45, 7) is -0.0730. The largest absolute Gasteiger partial charge is 0.484 e. The third kappa shape index (κ3) is 4.11. The topological polar surface area (TPSA) is 62.1 Å². The van der Waals surface area contributed by atoms with Gasteiger partial charge < -0.3 is 10.1 Å². The third-order valence-corrected chi connectivity index (χ3v) is 2.96. The number of rotatable bonds is 4. The van der Waals surface area contributed by atoms with Gasteiger partial charge in [0, 0.05) is 10.2 Å². The number of nitriles is 1. The molecule has 0 aliphatic rings. The Morgan fingerprint density at radius 3 is 2.65 bits per heavy atom. The van der Waals surface area contributed by atoms with Gasteiger partial charge in [0.2, 0.25) is 0 Å². The van der Waals surface area contributed by atoms with Gasteiger partial charge in [0.25, 0.3) is 5.91 Å². The number of nitrogens with one attached hydrogen (secondary N) is 1. The van der Waals surface area contributed by atoms with Crippen LogP contribution in [0.15, 0.2) is 53.0 Å². The van der Waals surface area contributed by atoms with E-state index in [9.17, 15) is 4.79 Å². The molecule has 0 saturated carbocycles. The Bertz CT molecular complexity index is 648. The molecule has 4 nitrogen and oxygen atoms in total. The monoisotopic (exact) mass is 330 g/mol. The summed E-state index contributed by atoms with van der Waals surface area (Å²) >= 11 is 3.33. The van der Waals surface area contributed by atoms with Crippen LogP contribution in [0.3, 0.4) is 0 Å². The van der Waals surface area contributed by atoms with Crippen molar-refractivity contribution >= 4 is 27.5 Å². The normalized spacial score (nSPS) is 9.60. The molecule has 100 valence electrons. The summed E-state index contributed by atoms with van der Waals surface area (Å²) < 4.78 is 6.26. The van der Waals surface area contributed by atoms with Gasteiger partial charge in [-0.25, -0.2) is 0 Å². The van der Waals surface area contributed by atoms with Gasteiger partial charge in [0.15, 0.2) is 6.61 Å². The number of benzene rings is 2. The van der Waals surface area contributed by atoms with E-state index < -0.39 is 0 Å². The smallest absolute Gasteiger partial charge is 0.262 e. The number of ether oxygens (including phenoxy) is 1. The lowest BCUT2D eigenvalue weighted by molar-refractivity contribution is -0.118. The number of hydrogen-bond donors (Lipinski definition) is 1. The molecule has 2 rings (SSSR count). The highest BCUT2D eigenvalue weighted by atomic mass is 79.9. The number of carbonyl (C=O) groups is 1. The zero-order valence-corrected chi connectivity index (χ0v) is 12.1. The van der Waals surface area contributed by atoms with Crippen molar-refractivity contribution in [1.82, 2.24) is 0 Å². The average Bonchev–Trinajstić information content (AvgIpc) is 2.46. The maximum absolute atomic E-state index is 11.7. The fourth-order valence-electron chi connectivity index (χ4n) is 1.53. The van der Waals surface area contributed by atoms with Gasteiger partial charge in [-0.3, -0.25) is 4.79 Å². The first-order valence-electron chi connectivity index (χ1n) is 5.86. The number of hydrogen-bond acceptors (Lipinski definition) is 3. The first kappa shape index (κ1) is 14.1. The number of nitrogens with zero attached hydrogens (tertiary/aromatic N) is 1. The van der Waals surface area contributed by atoms with E-state index in [4.69, 9.17) is 10.00 Å². The van der Waals surface area contributed by atoms with Gasteiger partial charge in [0.05, 0.1) is 11.6 Å². The lowest BCUT2D eigenvalue weighted by atomic mass is 10.2. The Kier molecular flexibility index (Phi) is 4.75. The van der Waals surface area contributed by atoms with E-state index in [1.54, 1.807) is 36.4 Å². The standard InChI is InChI=1S/C15H11BrN2O2/c16-12-2-1-3-14(8-12)20-10-15(19)18-13-6-4-11(9-17)5-7-13/h1-8H,10H2,(H,18,19). The fourth-order valence-corrected chi connectivity index (χ4v) is 1.91. The van der Waals surface area contributed by atoms with Crippen LogP contribution in [0.2, 0.25) is 0 Å². The molecule has 2 aromatic rings. The van der Waals surface area contributed by atoms with Gasteiger partial charge in [-0.1, -0.05) is 22.0 Å². The maximum atomic E-state index is 11.7. The lowest BCUT2D eigenvalue weighted by Gasteiger charge is -2.07.